The van der Waals surface area contributed by atoms with Crippen LogP contribution in [0.1, 0.15) is 26.3 Å². The number of hydrogen-bond donors (Lipinski definition) is 2. The average molecular weight is 316 g/mol. The quantitative estimate of drug-likeness (QED) is 0.673. The molecule has 122 valence electrons. The van der Waals surface area contributed by atoms with Crippen molar-refractivity contribution in [2.75, 3.05) is 0 Å². The molecule has 0 atom stereocenters. The zero-order valence-corrected chi connectivity index (χ0v) is 13.6. The maximum absolute atomic E-state index is 11.7. The van der Waals surface area contributed by atoms with Crippen molar-refractivity contribution in [3.8, 4) is 5.88 Å². The molecule has 0 spiro atoms. The van der Waals surface area contributed by atoms with Gasteiger partial charge in [0.25, 0.3) is 0 Å². The van der Waals surface area contributed by atoms with Crippen molar-refractivity contribution in [2.45, 2.75) is 40.3 Å². The normalized spacial score (nSPS) is 11.5. The lowest BCUT2D eigenvalue weighted by Gasteiger charge is -2.03. The molecule has 7 nitrogen and oxygen atoms in total. The van der Waals surface area contributed by atoms with Gasteiger partial charge in [0.05, 0.1) is 5.52 Å². The number of nitrogens with zero attached hydrogens (tertiary/aromatic N) is 3. The highest BCUT2D eigenvalue weighted by molar-refractivity contribution is 6.35. The van der Waals surface area contributed by atoms with Crippen molar-refractivity contribution >= 4 is 28.4 Å². The molecule has 2 rings (SSSR count). The molecule has 7 heteroatoms. The Morgan fingerprint density at radius 1 is 1.35 bits per heavy atom. The molecule has 0 fully saturated rings. The van der Waals surface area contributed by atoms with Crippen LogP contribution in [0.2, 0.25) is 0 Å². The summed E-state index contributed by atoms with van der Waals surface area (Å²) in [6, 6.07) is 5.49. The molecule has 0 radical (unpaired) electrons. The molecule has 0 aliphatic heterocycles. The number of azo groups is 1. The topological polar surface area (TPSA) is 96.0 Å². The molecule has 0 unspecified atom stereocenters. The second kappa shape index (κ2) is 6.60. The minimum Gasteiger partial charge on any atom is -0.493 e. The van der Waals surface area contributed by atoms with E-state index in [1.165, 1.54) is 0 Å². The number of carbonyl (C=O) groups is 2. The van der Waals surface area contributed by atoms with E-state index >= 15 is 0 Å². The maximum Gasteiger partial charge on any atom is 0.353 e. The van der Waals surface area contributed by atoms with Gasteiger partial charge in [-0.2, -0.15) is 0 Å². The fourth-order valence-corrected chi connectivity index (χ4v) is 2.32. The molecule has 0 aliphatic carbocycles. The third-order valence-electron chi connectivity index (χ3n) is 3.34. The largest absolute Gasteiger partial charge is 0.493 e. The van der Waals surface area contributed by atoms with Crippen molar-refractivity contribution in [1.82, 2.24) is 9.88 Å². The molecule has 0 saturated carbocycles. The Kier molecular flexibility index (Phi) is 4.78. The number of fused-ring (bicyclic) bond motifs is 1. The first-order valence-corrected chi connectivity index (χ1v) is 7.43. The number of benzene rings is 1. The first kappa shape index (κ1) is 16.7. The van der Waals surface area contributed by atoms with Gasteiger partial charge in [-0.25, -0.2) is 0 Å². The van der Waals surface area contributed by atoms with Crippen LogP contribution in [0.25, 0.3) is 10.9 Å². The summed E-state index contributed by atoms with van der Waals surface area (Å²) in [5.41, 5.74) is 1.98. The van der Waals surface area contributed by atoms with E-state index in [-0.39, 0.29) is 17.6 Å². The predicted octanol–water partition coefficient (Wildman–Crippen LogP) is 2.81. The lowest BCUT2D eigenvalue weighted by molar-refractivity contribution is -0.137. The molecule has 2 N–H and O–H groups in total. The molecule has 1 aromatic carbocycles. The van der Waals surface area contributed by atoms with Crippen molar-refractivity contribution in [2.24, 2.45) is 10.2 Å². The van der Waals surface area contributed by atoms with Gasteiger partial charge in [-0.05, 0) is 39.8 Å². The number of amides is 2. The number of aryl methyl sites for hydroxylation is 2. The molecule has 1 heterocycles. The van der Waals surface area contributed by atoms with Gasteiger partial charge in [0.1, 0.15) is 0 Å². The van der Waals surface area contributed by atoms with Gasteiger partial charge < -0.3 is 15.0 Å². The first-order chi connectivity index (χ1) is 10.8. The van der Waals surface area contributed by atoms with Crippen LogP contribution in [-0.2, 0) is 16.1 Å². The van der Waals surface area contributed by atoms with Crippen molar-refractivity contribution < 1.29 is 14.7 Å². The van der Waals surface area contributed by atoms with E-state index < -0.39 is 11.8 Å². The zero-order chi connectivity index (χ0) is 17.1. The van der Waals surface area contributed by atoms with Gasteiger partial charge in [0, 0.05) is 18.0 Å². The van der Waals surface area contributed by atoms with E-state index in [1.54, 1.807) is 18.4 Å². The summed E-state index contributed by atoms with van der Waals surface area (Å²) in [5, 5.41) is 20.7. The highest BCUT2D eigenvalue weighted by Gasteiger charge is 2.18. The van der Waals surface area contributed by atoms with Crippen LogP contribution < -0.4 is 5.32 Å². The summed E-state index contributed by atoms with van der Waals surface area (Å²) >= 11 is 0. The van der Waals surface area contributed by atoms with Gasteiger partial charge in [0.2, 0.25) is 5.88 Å². The lowest BCUT2D eigenvalue weighted by atomic mass is 10.1. The molecular weight excluding hydrogens is 296 g/mol. The van der Waals surface area contributed by atoms with Crippen LogP contribution in [0.5, 0.6) is 5.88 Å². The number of rotatable bonds is 3. The van der Waals surface area contributed by atoms with E-state index in [2.05, 4.69) is 15.5 Å². The van der Waals surface area contributed by atoms with Crippen LogP contribution in [0, 0.1) is 6.92 Å². The third-order valence-corrected chi connectivity index (χ3v) is 3.34. The fraction of sp³-hybridized carbons (Fsp3) is 0.375. The maximum atomic E-state index is 11.7. The van der Waals surface area contributed by atoms with Gasteiger partial charge in [-0.3, -0.25) is 9.59 Å². The molecular formula is C16H20N4O3. The SMILES string of the molecule is CCn1c(O)c(N=NC(=O)C(=O)NC(C)C)c2cc(C)ccc21. The molecule has 1 aromatic heterocycles. The molecule has 0 bridgehead atoms. The number of nitrogens with one attached hydrogen (secondary N) is 1. The average Bonchev–Trinajstić information content (AvgIpc) is 2.74. The first-order valence-electron chi connectivity index (χ1n) is 7.43. The van der Waals surface area contributed by atoms with Crippen LogP contribution in [-0.4, -0.2) is 27.5 Å². The highest BCUT2D eigenvalue weighted by atomic mass is 16.3. The second-order valence-electron chi connectivity index (χ2n) is 5.57. The fourth-order valence-electron chi connectivity index (χ4n) is 2.32. The zero-order valence-electron chi connectivity index (χ0n) is 13.6. The third kappa shape index (κ3) is 3.39. The summed E-state index contributed by atoms with van der Waals surface area (Å²) in [6.07, 6.45) is 0. The molecule has 23 heavy (non-hydrogen) atoms. The standard InChI is InChI=1S/C16H20N4O3/c1-5-20-12-7-6-10(4)8-11(12)13(16(20)23)18-19-15(22)14(21)17-9(2)3/h6-9,23H,5H2,1-4H3,(H,17,21). The monoisotopic (exact) mass is 316 g/mol. The van der Waals surface area contributed by atoms with E-state index in [0.29, 0.717) is 11.9 Å². The summed E-state index contributed by atoms with van der Waals surface area (Å²) in [7, 11) is 0. The molecule has 2 amide bonds. The summed E-state index contributed by atoms with van der Waals surface area (Å²) < 4.78 is 1.67. The Balaban J connectivity index is 2.42. The Morgan fingerprint density at radius 2 is 2.04 bits per heavy atom. The van der Waals surface area contributed by atoms with Gasteiger partial charge in [0.15, 0.2) is 5.69 Å². The number of aromatic hydroxyl groups is 1. The van der Waals surface area contributed by atoms with Crippen LogP contribution in [0.3, 0.4) is 0 Å². The number of aromatic nitrogens is 1. The van der Waals surface area contributed by atoms with E-state index in [1.807, 2.05) is 32.0 Å². The highest BCUT2D eigenvalue weighted by Crippen LogP contribution is 2.39. The minimum atomic E-state index is -0.997. The Morgan fingerprint density at radius 3 is 2.65 bits per heavy atom. The van der Waals surface area contributed by atoms with Crippen LogP contribution in [0.4, 0.5) is 5.69 Å². The van der Waals surface area contributed by atoms with Gasteiger partial charge >= 0.3 is 11.8 Å². The summed E-state index contributed by atoms with van der Waals surface area (Å²) in [6.45, 7) is 7.84. The Labute approximate surface area is 134 Å². The van der Waals surface area contributed by atoms with E-state index in [0.717, 1.165) is 11.1 Å². The second-order valence-corrected chi connectivity index (χ2v) is 5.57. The summed E-state index contributed by atoms with van der Waals surface area (Å²) in [5.74, 6) is -1.89. The van der Waals surface area contributed by atoms with E-state index in [9.17, 15) is 14.7 Å². The van der Waals surface area contributed by atoms with Crippen molar-refractivity contribution in [3.05, 3.63) is 23.8 Å². The molecule has 0 saturated heterocycles. The summed E-state index contributed by atoms with van der Waals surface area (Å²) in [4.78, 5) is 23.2. The van der Waals surface area contributed by atoms with Crippen molar-refractivity contribution in [1.29, 1.82) is 0 Å². The van der Waals surface area contributed by atoms with Crippen LogP contribution in [0.15, 0.2) is 28.4 Å². The molecule has 0 aliphatic rings. The lowest BCUT2D eigenvalue weighted by Crippen LogP contribution is -2.34. The smallest absolute Gasteiger partial charge is 0.353 e. The van der Waals surface area contributed by atoms with Crippen molar-refractivity contribution in [3.63, 3.8) is 0 Å². The molecule has 2 aromatic rings. The minimum absolute atomic E-state index is 0.0751. The van der Waals surface area contributed by atoms with Gasteiger partial charge in [-0.15, -0.1) is 10.2 Å². The van der Waals surface area contributed by atoms with Crippen LogP contribution >= 0.6 is 0 Å². The number of carbonyl (C=O) groups excluding carboxylic acids is 2. The van der Waals surface area contributed by atoms with Gasteiger partial charge in [-0.1, -0.05) is 11.6 Å². The predicted molar refractivity (Wildman–Crippen MR) is 86.8 cm³/mol. The van der Waals surface area contributed by atoms with E-state index in [4.69, 9.17) is 0 Å². The Hall–Kier alpha value is -2.70. The number of hydrogen-bond acceptors (Lipinski definition) is 4. The Bertz CT molecular complexity index is 790.